The molecule has 1 amide bonds. The van der Waals surface area contributed by atoms with Crippen LogP contribution in [-0.2, 0) is 22.6 Å². The van der Waals surface area contributed by atoms with Gasteiger partial charge >= 0.3 is 0 Å². The average molecular weight is 469 g/mol. The number of aromatic hydroxyl groups is 1. The van der Waals surface area contributed by atoms with E-state index >= 15 is 0 Å². The molecule has 0 saturated carbocycles. The zero-order valence-electron chi connectivity index (χ0n) is 20.7. The van der Waals surface area contributed by atoms with Crippen LogP contribution in [0.2, 0.25) is 0 Å². The second kappa shape index (κ2) is 10.7. The minimum absolute atomic E-state index is 0.0198. The molecule has 1 saturated heterocycles. The predicted molar refractivity (Wildman–Crippen MR) is 130 cm³/mol. The van der Waals surface area contributed by atoms with Crippen molar-refractivity contribution >= 4 is 5.91 Å². The van der Waals surface area contributed by atoms with Crippen molar-refractivity contribution in [1.29, 1.82) is 0 Å². The third kappa shape index (κ3) is 5.83. The van der Waals surface area contributed by atoms with Gasteiger partial charge in [0, 0.05) is 32.7 Å². The van der Waals surface area contributed by atoms with Crippen molar-refractivity contribution in [3.05, 3.63) is 52.6 Å². The maximum atomic E-state index is 13.6. The summed E-state index contributed by atoms with van der Waals surface area (Å²) >= 11 is 0. The number of phenolic OH excluding ortho intramolecular Hbond substituents is 1. The minimum atomic E-state index is -0.496. The van der Waals surface area contributed by atoms with Crippen molar-refractivity contribution < 1.29 is 24.1 Å². The van der Waals surface area contributed by atoms with Crippen molar-refractivity contribution in [2.45, 2.75) is 46.9 Å². The number of phenols is 1. The molecule has 0 aliphatic carbocycles. The van der Waals surface area contributed by atoms with E-state index in [-0.39, 0.29) is 5.91 Å². The highest BCUT2D eigenvalue weighted by atomic mass is 16.6. The van der Waals surface area contributed by atoms with Crippen molar-refractivity contribution in [1.82, 2.24) is 9.80 Å². The quantitative estimate of drug-likeness (QED) is 0.669. The Hall–Kier alpha value is -2.77. The van der Waals surface area contributed by atoms with Crippen LogP contribution in [0.5, 0.6) is 17.2 Å². The molecule has 0 aromatic heterocycles. The summed E-state index contributed by atoms with van der Waals surface area (Å²) in [7, 11) is 0. The van der Waals surface area contributed by atoms with Crippen LogP contribution in [0.25, 0.3) is 0 Å². The van der Waals surface area contributed by atoms with Crippen molar-refractivity contribution in [3.8, 4) is 17.2 Å². The van der Waals surface area contributed by atoms with Crippen LogP contribution in [0.3, 0.4) is 0 Å². The van der Waals surface area contributed by atoms with Crippen LogP contribution < -0.4 is 9.47 Å². The van der Waals surface area contributed by atoms with Crippen molar-refractivity contribution in [2.75, 3.05) is 39.5 Å². The standard InChI is InChI=1S/C27H36N2O5/c1-18(2)14-29(16-21-5-6-23-24(13-21)34-10-9-33-23)27(31)25-17-28(7-8-32-25)15-22-11-19(3)26(30)20(4)12-22/h5-6,11-13,18,25,30H,7-10,14-17H2,1-4H3. The Morgan fingerprint density at radius 2 is 1.76 bits per heavy atom. The number of morpholine rings is 1. The summed E-state index contributed by atoms with van der Waals surface area (Å²) in [6.07, 6.45) is -0.496. The SMILES string of the molecule is Cc1cc(CN2CCOC(C(=O)N(Cc3ccc4c(c3)OCCO4)CC(C)C)C2)cc(C)c1O. The van der Waals surface area contributed by atoms with Crippen LogP contribution in [0.4, 0.5) is 0 Å². The van der Waals surface area contributed by atoms with Crippen molar-refractivity contribution in [2.24, 2.45) is 5.92 Å². The van der Waals surface area contributed by atoms with E-state index in [1.165, 1.54) is 0 Å². The number of rotatable bonds is 7. The summed E-state index contributed by atoms with van der Waals surface area (Å²) < 4.78 is 17.3. The zero-order chi connectivity index (χ0) is 24.2. The van der Waals surface area contributed by atoms with Gasteiger partial charge in [0.15, 0.2) is 11.5 Å². The van der Waals surface area contributed by atoms with Crippen LogP contribution in [0, 0.1) is 19.8 Å². The number of benzene rings is 2. The largest absolute Gasteiger partial charge is 0.507 e. The number of ether oxygens (including phenoxy) is 3. The first kappa shape index (κ1) is 24.4. The summed E-state index contributed by atoms with van der Waals surface area (Å²) in [6, 6.07) is 9.92. The van der Waals surface area contributed by atoms with E-state index in [1.807, 2.05) is 49.1 Å². The van der Waals surface area contributed by atoms with E-state index in [0.29, 0.717) is 51.1 Å². The first-order valence-electron chi connectivity index (χ1n) is 12.1. The van der Waals surface area contributed by atoms with E-state index in [1.54, 1.807) is 0 Å². The molecule has 0 radical (unpaired) electrons. The lowest BCUT2D eigenvalue weighted by Gasteiger charge is -2.35. The lowest BCUT2D eigenvalue weighted by Crippen LogP contribution is -2.51. The Balaban J connectivity index is 1.44. The molecule has 0 bridgehead atoms. The molecule has 1 atom stereocenters. The van der Waals surface area contributed by atoms with Crippen LogP contribution in [0.15, 0.2) is 30.3 Å². The summed E-state index contributed by atoms with van der Waals surface area (Å²) in [5, 5.41) is 10.1. The van der Waals surface area contributed by atoms with Gasteiger partial charge in [-0.3, -0.25) is 9.69 Å². The first-order valence-corrected chi connectivity index (χ1v) is 12.1. The Morgan fingerprint density at radius 1 is 1.06 bits per heavy atom. The maximum absolute atomic E-state index is 13.6. The number of carbonyl (C=O) groups excluding carboxylic acids is 1. The molecule has 1 N–H and O–H groups in total. The second-order valence-electron chi connectivity index (χ2n) is 9.76. The summed E-state index contributed by atoms with van der Waals surface area (Å²) in [4.78, 5) is 17.7. The molecule has 2 aromatic carbocycles. The first-order chi connectivity index (χ1) is 16.3. The normalized spacial score (nSPS) is 18.2. The third-order valence-corrected chi connectivity index (χ3v) is 6.26. The van der Waals surface area contributed by atoms with Gasteiger partial charge in [-0.2, -0.15) is 0 Å². The van der Waals surface area contributed by atoms with Crippen molar-refractivity contribution in [3.63, 3.8) is 0 Å². The van der Waals surface area contributed by atoms with Gasteiger partial charge < -0.3 is 24.2 Å². The summed E-state index contributed by atoms with van der Waals surface area (Å²) in [5.41, 5.74) is 3.90. The third-order valence-electron chi connectivity index (χ3n) is 6.26. The molecule has 7 nitrogen and oxygen atoms in total. The van der Waals surface area contributed by atoms with Gasteiger partial charge in [-0.1, -0.05) is 32.0 Å². The molecule has 2 heterocycles. The Bertz CT molecular complexity index is 999. The minimum Gasteiger partial charge on any atom is -0.507 e. The van der Waals surface area contributed by atoms with Crippen LogP contribution in [0.1, 0.15) is 36.1 Å². The zero-order valence-corrected chi connectivity index (χ0v) is 20.7. The maximum Gasteiger partial charge on any atom is 0.253 e. The Kier molecular flexibility index (Phi) is 7.63. The fourth-order valence-corrected chi connectivity index (χ4v) is 4.67. The molecule has 0 spiro atoms. The van der Waals surface area contributed by atoms with E-state index in [2.05, 4.69) is 18.7 Å². The fraction of sp³-hybridized carbons (Fsp3) is 0.519. The molecule has 1 unspecified atom stereocenters. The van der Waals surface area contributed by atoms with E-state index < -0.39 is 6.10 Å². The highest BCUT2D eigenvalue weighted by Crippen LogP contribution is 2.31. The van der Waals surface area contributed by atoms with Gasteiger partial charge in [0.25, 0.3) is 5.91 Å². The van der Waals surface area contributed by atoms with Gasteiger partial charge in [0.05, 0.1) is 6.61 Å². The number of carbonyl (C=O) groups is 1. The van der Waals surface area contributed by atoms with Gasteiger partial charge in [-0.05, 0) is 54.2 Å². The predicted octanol–water partition coefficient (Wildman–Crippen LogP) is 3.67. The fourth-order valence-electron chi connectivity index (χ4n) is 4.67. The summed E-state index contributed by atoms with van der Waals surface area (Å²) in [6.45, 7) is 12.9. The highest BCUT2D eigenvalue weighted by molar-refractivity contribution is 5.81. The Labute approximate surface area is 202 Å². The second-order valence-corrected chi connectivity index (χ2v) is 9.76. The van der Waals surface area contributed by atoms with E-state index in [0.717, 1.165) is 46.8 Å². The number of fused-ring (bicyclic) bond motifs is 1. The molecule has 2 aliphatic heterocycles. The average Bonchev–Trinajstić information content (AvgIpc) is 2.81. The smallest absolute Gasteiger partial charge is 0.253 e. The number of nitrogens with zero attached hydrogens (tertiary/aromatic N) is 2. The van der Waals surface area contributed by atoms with Gasteiger partial charge in [-0.25, -0.2) is 0 Å². The topological polar surface area (TPSA) is 71.5 Å². The van der Waals surface area contributed by atoms with Gasteiger partial charge in [0.2, 0.25) is 0 Å². The molecule has 7 heteroatoms. The van der Waals surface area contributed by atoms with Gasteiger partial charge in [-0.15, -0.1) is 0 Å². The molecule has 34 heavy (non-hydrogen) atoms. The molecule has 1 fully saturated rings. The van der Waals surface area contributed by atoms with E-state index in [9.17, 15) is 9.90 Å². The number of amides is 1. The number of hydrogen-bond donors (Lipinski definition) is 1. The molecule has 2 aromatic rings. The van der Waals surface area contributed by atoms with Gasteiger partial charge in [0.1, 0.15) is 25.1 Å². The molecular formula is C27H36N2O5. The van der Waals surface area contributed by atoms with Crippen LogP contribution >= 0.6 is 0 Å². The monoisotopic (exact) mass is 468 g/mol. The lowest BCUT2D eigenvalue weighted by atomic mass is 10.0. The molecular weight excluding hydrogens is 432 g/mol. The molecule has 184 valence electrons. The summed E-state index contributed by atoms with van der Waals surface area (Å²) in [5.74, 6) is 2.19. The van der Waals surface area contributed by atoms with Crippen LogP contribution in [-0.4, -0.2) is 66.4 Å². The highest BCUT2D eigenvalue weighted by Gasteiger charge is 2.31. The van der Waals surface area contributed by atoms with E-state index in [4.69, 9.17) is 14.2 Å². The lowest BCUT2D eigenvalue weighted by molar-refractivity contribution is -0.151. The molecule has 4 rings (SSSR count). The molecule has 2 aliphatic rings. The number of hydrogen-bond acceptors (Lipinski definition) is 6. The Morgan fingerprint density at radius 3 is 2.47 bits per heavy atom. The number of aryl methyl sites for hydroxylation is 2.